The van der Waals surface area contributed by atoms with Gasteiger partial charge >= 0.3 is 6.03 Å². The van der Waals surface area contributed by atoms with Gasteiger partial charge in [-0.2, -0.15) is 9.48 Å². The SMILES string of the molecule is CN(C)C(=O)[N+]1(C)C(C2CC2)=Nc2c(OCc3ccccc3)cccc21. The van der Waals surface area contributed by atoms with E-state index in [0.29, 0.717) is 12.5 Å². The van der Waals surface area contributed by atoms with Crippen LogP contribution in [0.2, 0.25) is 0 Å². The fraction of sp³-hybridized carbons (Fsp3) is 0.333. The lowest BCUT2D eigenvalue weighted by atomic mass is 10.2. The number of urea groups is 1. The van der Waals surface area contributed by atoms with Gasteiger partial charge < -0.3 is 4.74 Å². The summed E-state index contributed by atoms with van der Waals surface area (Å²) in [5.41, 5.74) is 2.80. The largest absolute Gasteiger partial charge is 0.486 e. The first-order valence-corrected chi connectivity index (χ1v) is 8.99. The zero-order valence-corrected chi connectivity index (χ0v) is 15.5. The number of ether oxygens (including phenoxy) is 1. The van der Waals surface area contributed by atoms with Crippen molar-refractivity contribution < 1.29 is 9.53 Å². The number of benzene rings is 2. The Hall–Kier alpha value is -2.66. The number of rotatable bonds is 4. The third-order valence-electron chi connectivity index (χ3n) is 5.09. The van der Waals surface area contributed by atoms with Gasteiger partial charge in [0.15, 0.2) is 17.1 Å². The normalized spacial score (nSPS) is 21.1. The van der Waals surface area contributed by atoms with Gasteiger partial charge in [0.1, 0.15) is 6.61 Å². The maximum absolute atomic E-state index is 13.0. The molecule has 1 heterocycles. The van der Waals surface area contributed by atoms with Crippen molar-refractivity contribution in [2.75, 3.05) is 21.1 Å². The second kappa shape index (κ2) is 6.25. The molecule has 1 atom stereocenters. The highest BCUT2D eigenvalue weighted by molar-refractivity contribution is 6.17. The van der Waals surface area contributed by atoms with Gasteiger partial charge in [0.25, 0.3) is 0 Å². The molecule has 0 bridgehead atoms. The fourth-order valence-corrected chi connectivity index (χ4v) is 3.57. The first-order valence-electron chi connectivity index (χ1n) is 8.99. The summed E-state index contributed by atoms with van der Waals surface area (Å²) in [5, 5.41) is 0. The zero-order valence-electron chi connectivity index (χ0n) is 15.5. The van der Waals surface area contributed by atoms with E-state index >= 15 is 0 Å². The highest BCUT2D eigenvalue weighted by Gasteiger charge is 2.54. The predicted molar refractivity (Wildman–Crippen MR) is 104 cm³/mol. The molecule has 5 nitrogen and oxygen atoms in total. The van der Waals surface area contributed by atoms with Gasteiger partial charge in [-0.3, -0.25) is 4.90 Å². The average Bonchev–Trinajstić information content (AvgIpc) is 3.44. The van der Waals surface area contributed by atoms with Crippen LogP contribution in [-0.4, -0.2) is 37.9 Å². The molecular weight excluding hydrogens is 326 g/mol. The van der Waals surface area contributed by atoms with E-state index in [1.807, 2.05) is 55.6 Å². The first kappa shape index (κ1) is 16.8. The number of nitrogens with zero attached hydrogens (tertiary/aromatic N) is 3. The van der Waals surface area contributed by atoms with Gasteiger partial charge in [-0.1, -0.05) is 36.4 Å². The third-order valence-corrected chi connectivity index (χ3v) is 5.09. The topological polar surface area (TPSA) is 41.9 Å². The van der Waals surface area contributed by atoms with Crippen LogP contribution in [0.1, 0.15) is 18.4 Å². The molecule has 0 saturated heterocycles. The van der Waals surface area contributed by atoms with Crippen LogP contribution in [0.4, 0.5) is 16.2 Å². The van der Waals surface area contributed by atoms with Crippen LogP contribution in [0.25, 0.3) is 0 Å². The smallest absolute Gasteiger partial charge is 0.429 e. The Balaban J connectivity index is 1.71. The molecule has 2 aliphatic rings. The molecule has 0 radical (unpaired) electrons. The van der Waals surface area contributed by atoms with Gasteiger partial charge in [0, 0.05) is 20.2 Å². The number of hydrogen-bond acceptors (Lipinski definition) is 3. The third kappa shape index (κ3) is 2.69. The summed E-state index contributed by atoms with van der Waals surface area (Å²) in [6.07, 6.45) is 2.20. The van der Waals surface area contributed by atoms with E-state index in [1.165, 1.54) is 0 Å². The number of fused-ring (bicyclic) bond motifs is 1. The molecule has 5 heteroatoms. The number of hydrogen-bond donors (Lipinski definition) is 0. The molecule has 1 unspecified atom stereocenters. The van der Waals surface area contributed by atoms with E-state index in [1.54, 1.807) is 19.0 Å². The van der Waals surface area contributed by atoms with E-state index < -0.39 is 0 Å². The molecule has 4 rings (SSSR count). The Morgan fingerprint density at radius 1 is 1.15 bits per heavy atom. The van der Waals surface area contributed by atoms with Crippen LogP contribution in [0.5, 0.6) is 5.75 Å². The van der Waals surface area contributed by atoms with E-state index in [4.69, 9.17) is 9.73 Å². The molecule has 1 fully saturated rings. The molecule has 1 saturated carbocycles. The maximum Gasteiger partial charge on any atom is 0.429 e. The summed E-state index contributed by atoms with van der Waals surface area (Å²) in [6.45, 7) is 0.483. The molecule has 1 aliphatic heterocycles. The average molecular weight is 350 g/mol. The summed E-state index contributed by atoms with van der Waals surface area (Å²) < 4.78 is 6.20. The van der Waals surface area contributed by atoms with Crippen molar-refractivity contribution in [1.82, 2.24) is 9.38 Å². The van der Waals surface area contributed by atoms with Crippen molar-refractivity contribution in [2.45, 2.75) is 19.4 Å². The second-order valence-electron chi connectivity index (χ2n) is 7.33. The molecular formula is C21H24N3O2+. The van der Waals surface area contributed by atoms with Crippen LogP contribution in [0, 0.1) is 5.92 Å². The van der Waals surface area contributed by atoms with Crippen molar-refractivity contribution in [2.24, 2.45) is 10.9 Å². The summed E-state index contributed by atoms with van der Waals surface area (Å²) in [5.74, 6) is 2.06. The van der Waals surface area contributed by atoms with Gasteiger partial charge in [0.05, 0.1) is 13.0 Å². The number of aliphatic imine (C=N–C) groups is 1. The molecule has 2 amide bonds. The van der Waals surface area contributed by atoms with Gasteiger partial charge in [0.2, 0.25) is 5.84 Å². The van der Waals surface area contributed by atoms with Crippen LogP contribution < -0.4 is 9.22 Å². The quantitative estimate of drug-likeness (QED) is 0.770. The second-order valence-corrected chi connectivity index (χ2v) is 7.33. The molecule has 1 aliphatic carbocycles. The number of amidine groups is 1. The van der Waals surface area contributed by atoms with Gasteiger partial charge in [-0.25, -0.2) is 4.79 Å². The van der Waals surface area contributed by atoms with Crippen LogP contribution >= 0.6 is 0 Å². The lowest BCUT2D eigenvalue weighted by molar-refractivity contribution is 0.200. The van der Waals surface area contributed by atoms with E-state index in [2.05, 4.69) is 0 Å². The number of carbonyl (C=O) groups is 1. The van der Waals surface area contributed by atoms with Crippen molar-refractivity contribution in [3.05, 3.63) is 54.1 Å². The van der Waals surface area contributed by atoms with Crippen molar-refractivity contribution in [3.8, 4) is 5.75 Å². The lowest BCUT2D eigenvalue weighted by Gasteiger charge is -2.30. The molecule has 0 spiro atoms. The number of amides is 2. The maximum atomic E-state index is 13.0. The highest BCUT2D eigenvalue weighted by Crippen LogP contribution is 2.50. The summed E-state index contributed by atoms with van der Waals surface area (Å²) >= 11 is 0. The summed E-state index contributed by atoms with van der Waals surface area (Å²) in [4.78, 5) is 19.6. The number of quaternary nitrogens is 1. The Bertz CT molecular complexity index is 872. The first-order chi connectivity index (χ1) is 12.5. The standard InChI is InChI=1S/C21H24N3O2/c1-23(2)21(25)24(3)17-10-7-11-18(19(17)22-20(24)16-12-13-16)26-14-15-8-5-4-6-9-15/h4-11,16H,12-14H2,1-3H3/q+1. The Labute approximate surface area is 154 Å². The van der Waals surface area contributed by atoms with Gasteiger partial charge in [-0.15, -0.1) is 0 Å². The van der Waals surface area contributed by atoms with Crippen molar-refractivity contribution in [3.63, 3.8) is 0 Å². The molecule has 2 aromatic rings. The zero-order chi connectivity index (χ0) is 18.3. The monoisotopic (exact) mass is 350 g/mol. The minimum atomic E-state index is 0.0228. The number of para-hydroxylation sites is 1. The molecule has 134 valence electrons. The Morgan fingerprint density at radius 3 is 2.54 bits per heavy atom. The Kier molecular flexibility index (Phi) is 4.04. The molecule has 2 aromatic carbocycles. The van der Waals surface area contributed by atoms with Crippen molar-refractivity contribution >= 4 is 23.2 Å². The number of carbonyl (C=O) groups excluding carboxylic acids is 1. The van der Waals surface area contributed by atoms with Crippen LogP contribution in [-0.2, 0) is 6.61 Å². The van der Waals surface area contributed by atoms with E-state index in [9.17, 15) is 4.79 Å². The minimum Gasteiger partial charge on any atom is -0.486 e. The summed E-state index contributed by atoms with van der Waals surface area (Å²) in [6, 6.07) is 16.0. The lowest BCUT2D eigenvalue weighted by Crippen LogP contribution is -2.58. The van der Waals surface area contributed by atoms with E-state index in [-0.39, 0.29) is 10.5 Å². The summed E-state index contributed by atoms with van der Waals surface area (Å²) in [7, 11) is 5.54. The molecule has 26 heavy (non-hydrogen) atoms. The van der Waals surface area contributed by atoms with Gasteiger partial charge in [-0.05, 0) is 24.5 Å². The minimum absolute atomic E-state index is 0.0228. The molecule has 0 N–H and O–H groups in total. The highest BCUT2D eigenvalue weighted by atomic mass is 16.5. The predicted octanol–water partition coefficient (Wildman–Crippen LogP) is 4.34. The van der Waals surface area contributed by atoms with Crippen molar-refractivity contribution in [1.29, 1.82) is 0 Å². The Morgan fingerprint density at radius 2 is 1.88 bits per heavy atom. The van der Waals surface area contributed by atoms with Crippen LogP contribution in [0.15, 0.2) is 53.5 Å². The fourth-order valence-electron chi connectivity index (χ4n) is 3.57. The van der Waals surface area contributed by atoms with E-state index in [0.717, 1.165) is 41.4 Å². The van der Waals surface area contributed by atoms with Crippen LogP contribution in [0.3, 0.4) is 0 Å². The molecule has 0 aromatic heterocycles.